The van der Waals surface area contributed by atoms with Crippen molar-refractivity contribution >= 4 is 28.9 Å². The molecule has 0 fully saturated rings. The molecule has 0 heterocycles. The van der Waals surface area contributed by atoms with Gasteiger partial charge in [-0.2, -0.15) is 0 Å². The minimum atomic E-state index is -0.709. The number of nitro benzene ring substituents is 1. The molecule has 2 N–H and O–H groups in total. The number of carbonyl (C=O) groups excluding carboxylic acids is 1. The molecule has 0 spiro atoms. The lowest BCUT2D eigenvalue weighted by molar-refractivity contribution is -0.384. The van der Waals surface area contributed by atoms with E-state index in [0.717, 1.165) is 17.7 Å². The lowest BCUT2D eigenvalue weighted by atomic mass is 9.87. The SMILES string of the molecule is CC(C)(C)c1ccc(C(=O)Nc2cc(Cl)c([N+](=O)[O-])cc2O)cc1. The Morgan fingerprint density at radius 3 is 2.29 bits per heavy atom. The van der Waals surface area contributed by atoms with Crippen molar-refractivity contribution in [2.24, 2.45) is 0 Å². The van der Waals surface area contributed by atoms with E-state index in [-0.39, 0.29) is 16.1 Å². The van der Waals surface area contributed by atoms with Crippen LogP contribution in [-0.4, -0.2) is 15.9 Å². The fourth-order valence-electron chi connectivity index (χ4n) is 2.11. The monoisotopic (exact) mass is 348 g/mol. The number of nitro groups is 1. The molecule has 126 valence electrons. The average molecular weight is 349 g/mol. The summed E-state index contributed by atoms with van der Waals surface area (Å²) in [6, 6.07) is 9.13. The Balaban J connectivity index is 2.24. The number of nitrogens with zero attached hydrogens (tertiary/aromatic N) is 1. The van der Waals surface area contributed by atoms with Gasteiger partial charge in [0.2, 0.25) is 0 Å². The van der Waals surface area contributed by atoms with Crippen LogP contribution >= 0.6 is 11.6 Å². The Hall–Kier alpha value is -2.60. The minimum Gasteiger partial charge on any atom is -0.506 e. The van der Waals surface area contributed by atoms with Crippen LogP contribution in [0.3, 0.4) is 0 Å². The second-order valence-corrected chi connectivity index (χ2v) is 6.77. The van der Waals surface area contributed by atoms with E-state index in [1.807, 2.05) is 12.1 Å². The van der Waals surface area contributed by atoms with E-state index in [2.05, 4.69) is 26.1 Å². The third-order valence-corrected chi connectivity index (χ3v) is 3.83. The highest BCUT2D eigenvalue weighted by Crippen LogP contribution is 2.35. The number of carbonyl (C=O) groups is 1. The predicted molar refractivity (Wildman–Crippen MR) is 92.9 cm³/mol. The number of rotatable bonds is 3. The van der Waals surface area contributed by atoms with Gasteiger partial charge in [0.05, 0.1) is 16.7 Å². The third kappa shape index (κ3) is 3.83. The highest BCUT2D eigenvalue weighted by molar-refractivity contribution is 6.33. The zero-order valence-corrected chi connectivity index (χ0v) is 14.2. The van der Waals surface area contributed by atoms with E-state index < -0.39 is 22.3 Å². The summed E-state index contributed by atoms with van der Waals surface area (Å²) in [5.74, 6) is -0.874. The lowest BCUT2D eigenvalue weighted by Crippen LogP contribution is -2.14. The number of aromatic hydroxyl groups is 1. The molecule has 2 rings (SSSR count). The number of hydrogen-bond acceptors (Lipinski definition) is 4. The highest BCUT2D eigenvalue weighted by atomic mass is 35.5. The van der Waals surface area contributed by atoms with Crippen molar-refractivity contribution in [1.82, 2.24) is 0 Å². The summed E-state index contributed by atoms with van der Waals surface area (Å²) in [5, 5.41) is 22.9. The number of phenols is 1. The third-order valence-electron chi connectivity index (χ3n) is 3.52. The van der Waals surface area contributed by atoms with Gasteiger partial charge in [-0.05, 0) is 29.2 Å². The van der Waals surface area contributed by atoms with E-state index in [4.69, 9.17) is 11.6 Å². The molecule has 0 bridgehead atoms. The molecule has 6 nitrogen and oxygen atoms in total. The van der Waals surface area contributed by atoms with Crippen LogP contribution in [-0.2, 0) is 5.41 Å². The molecule has 0 saturated carbocycles. The number of nitrogens with one attached hydrogen (secondary N) is 1. The fourth-order valence-corrected chi connectivity index (χ4v) is 2.34. The maximum Gasteiger partial charge on any atom is 0.291 e. The van der Waals surface area contributed by atoms with Crippen LogP contribution in [0.15, 0.2) is 36.4 Å². The molecule has 0 aliphatic rings. The van der Waals surface area contributed by atoms with Gasteiger partial charge in [0.1, 0.15) is 10.8 Å². The van der Waals surface area contributed by atoms with Gasteiger partial charge < -0.3 is 10.4 Å². The van der Waals surface area contributed by atoms with E-state index in [1.54, 1.807) is 12.1 Å². The van der Waals surface area contributed by atoms with Crippen LogP contribution in [0.25, 0.3) is 0 Å². The molecule has 0 atom stereocenters. The van der Waals surface area contributed by atoms with Crippen molar-refractivity contribution < 1.29 is 14.8 Å². The number of benzene rings is 2. The van der Waals surface area contributed by atoms with E-state index in [9.17, 15) is 20.0 Å². The normalized spacial score (nSPS) is 11.2. The zero-order valence-electron chi connectivity index (χ0n) is 13.5. The summed E-state index contributed by atoms with van der Waals surface area (Å²) in [6.45, 7) is 6.21. The van der Waals surface area contributed by atoms with Gasteiger partial charge in [-0.1, -0.05) is 44.5 Å². The largest absolute Gasteiger partial charge is 0.506 e. The minimum absolute atomic E-state index is 0.00972. The summed E-state index contributed by atoms with van der Waals surface area (Å²) in [6.07, 6.45) is 0. The van der Waals surface area contributed by atoms with Crippen molar-refractivity contribution in [3.05, 3.63) is 62.7 Å². The Kier molecular flexibility index (Phi) is 4.80. The topological polar surface area (TPSA) is 92.5 Å². The molecular formula is C17H17ClN2O4. The number of phenolic OH excluding ortho intramolecular Hbond substituents is 1. The Bertz CT molecular complexity index is 795. The zero-order chi connectivity index (χ0) is 18.1. The predicted octanol–water partition coefficient (Wildman–Crippen LogP) is 4.50. The second-order valence-electron chi connectivity index (χ2n) is 6.36. The van der Waals surface area contributed by atoms with E-state index >= 15 is 0 Å². The molecule has 1 amide bonds. The van der Waals surface area contributed by atoms with Crippen molar-refractivity contribution in [2.75, 3.05) is 5.32 Å². The van der Waals surface area contributed by atoms with Crippen molar-refractivity contribution in [2.45, 2.75) is 26.2 Å². The molecule has 2 aromatic rings. The highest BCUT2D eigenvalue weighted by Gasteiger charge is 2.19. The standard InChI is InChI=1S/C17H17ClN2O4/c1-17(2,3)11-6-4-10(5-7-11)16(22)19-13-8-12(18)14(20(23)24)9-15(13)21/h4-9,21H,1-3H3,(H,19,22). The Morgan fingerprint density at radius 2 is 1.79 bits per heavy atom. The van der Waals surface area contributed by atoms with Gasteiger partial charge in [-0.15, -0.1) is 0 Å². The van der Waals surface area contributed by atoms with Gasteiger partial charge >= 0.3 is 0 Å². The summed E-state index contributed by atoms with van der Waals surface area (Å²) < 4.78 is 0. The molecule has 2 aromatic carbocycles. The van der Waals surface area contributed by atoms with Crippen LogP contribution in [0.5, 0.6) is 5.75 Å². The van der Waals surface area contributed by atoms with Crippen LogP contribution in [0, 0.1) is 10.1 Å². The Morgan fingerprint density at radius 1 is 1.21 bits per heavy atom. The first-order chi connectivity index (χ1) is 11.1. The molecule has 0 aliphatic heterocycles. The first-order valence-corrected chi connectivity index (χ1v) is 7.56. The van der Waals surface area contributed by atoms with E-state index in [0.29, 0.717) is 5.56 Å². The molecule has 0 aliphatic carbocycles. The number of anilines is 1. The van der Waals surface area contributed by atoms with Crippen molar-refractivity contribution in [3.8, 4) is 5.75 Å². The Labute approximate surface area is 144 Å². The lowest BCUT2D eigenvalue weighted by Gasteiger charge is -2.19. The summed E-state index contributed by atoms with van der Waals surface area (Å²) in [4.78, 5) is 22.3. The van der Waals surface area contributed by atoms with Crippen LogP contribution < -0.4 is 5.32 Å². The first kappa shape index (κ1) is 17.7. The van der Waals surface area contributed by atoms with Gasteiger partial charge in [0, 0.05) is 5.56 Å². The second kappa shape index (κ2) is 6.49. The molecule has 0 saturated heterocycles. The average Bonchev–Trinajstić information content (AvgIpc) is 2.49. The van der Waals surface area contributed by atoms with Crippen LogP contribution in [0.4, 0.5) is 11.4 Å². The van der Waals surface area contributed by atoms with Gasteiger partial charge in [-0.25, -0.2) is 0 Å². The van der Waals surface area contributed by atoms with Crippen molar-refractivity contribution in [1.29, 1.82) is 0 Å². The maximum absolute atomic E-state index is 12.3. The molecule has 0 unspecified atom stereocenters. The summed E-state index contributed by atoms with van der Waals surface area (Å²) >= 11 is 5.79. The molecular weight excluding hydrogens is 332 g/mol. The van der Waals surface area contributed by atoms with E-state index in [1.165, 1.54) is 0 Å². The molecule has 24 heavy (non-hydrogen) atoms. The van der Waals surface area contributed by atoms with Crippen LogP contribution in [0.2, 0.25) is 5.02 Å². The molecule has 0 radical (unpaired) electrons. The van der Waals surface area contributed by atoms with Gasteiger partial charge in [0.25, 0.3) is 11.6 Å². The first-order valence-electron chi connectivity index (χ1n) is 7.18. The van der Waals surface area contributed by atoms with Gasteiger partial charge in [0.15, 0.2) is 0 Å². The summed E-state index contributed by atoms with van der Waals surface area (Å²) in [7, 11) is 0. The van der Waals surface area contributed by atoms with Crippen molar-refractivity contribution in [3.63, 3.8) is 0 Å². The molecule has 7 heteroatoms. The maximum atomic E-state index is 12.3. The fraction of sp³-hybridized carbons (Fsp3) is 0.235. The number of halogens is 1. The molecule has 0 aromatic heterocycles. The summed E-state index contributed by atoms with van der Waals surface area (Å²) in [5.41, 5.74) is 1.04. The smallest absolute Gasteiger partial charge is 0.291 e. The quantitative estimate of drug-likeness (QED) is 0.485. The number of hydrogen-bond donors (Lipinski definition) is 2. The number of amides is 1. The van der Waals surface area contributed by atoms with Crippen LogP contribution in [0.1, 0.15) is 36.7 Å². The van der Waals surface area contributed by atoms with Gasteiger partial charge in [-0.3, -0.25) is 14.9 Å².